The lowest BCUT2D eigenvalue weighted by Crippen LogP contribution is -2.18. The largest absolute Gasteiger partial charge is 0.464 e. The molecule has 96 valence electrons. The molecule has 0 saturated carbocycles. The molecule has 2 rings (SSSR count). The zero-order valence-corrected chi connectivity index (χ0v) is 12.1. The maximum Gasteiger partial charge on any atom is 0.128 e. The van der Waals surface area contributed by atoms with E-state index in [9.17, 15) is 4.39 Å². The van der Waals surface area contributed by atoms with E-state index in [1.807, 2.05) is 19.9 Å². The second kappa shape index (κ2) is 5.24. The number of nitrogens with one attached hydrogen (secondary N) is 1. The van der Waals surface area contributed by atoms with Gasteiger partial charge >= 0.3 is 0 Å². The molecule has 0 aliphatic rings. The van der Waals surface area contributed by atoms with Crippen LogP contribution in [0.4, 0.5) is 4.39 Å². The molecule has 4 heteroatoms. The Bertz CT molecular complexity index is 545. The van der Waals surface area contributed by atoms with E-state index in [4.69, 9.17) is 4.42 Å². The van der Waals surface area contributed by atoms with Crippen molar-refractivity contribution in [3.05, 3.63) is 57.2 Å². The summed E-state index contributed by atoms with van der Waals surface area (Å²) in [6.07, 6.45) is 0. The molecule has 2 aromatic rings. The summed E-state index contributed by atoms with van der Waals surface area (Å²) < 4.78 is 20.4. The molecule has 1 heterocycles. The van der Waals surface area contributed by atoms with Crippen molar-refractivity contribution in [1.29, 1.82) is 0 Å². The predicted octanol–water partition coefficient (Wildman–Crippen LogP) is 4.11. The number of aryl methyl sites for hydroxylation is 2. The lowest BCUT2D eigenvalue weighted by atomic mass is 10.0. The minimum absolute atomic E-state index is 0.246. The molecule has 0 saturated heterocycles. The Morgan fingerprint density at radius 3 is 2.56 bits per heavy atom. The van der Waals surface area contributed by atoms with Gasteiger partial charge in [0.25, 0.3) is 0 Å². The highest BCUT2D eigenvalue weighted by Crippen LogP contribution is 2.29. The first-order chi connectivity index (χ1) is 8.52. The van der Waals surface area contributed by atoms with Gasteiger partial charge in [-0.15, -0.1) is 0 Å². The average Bonchev–Trinajstić information content (AvgIpc) is 2.65. The minimum Gasteiger partial charge on any atom is -0.464 e. The monoisotopic (exact) mass is 311 g/mol. The lowest BCUT2D eigenvalue weighted by molar-refractivity contribution is 0.435. The van der Waals surface area contributed by atoms with Crippen LogP contribution in [0.1, 0.15) is 28.7 Å². The van der Waals surface area contributed by atoms with Crippen LogP contribution in [0.2, 0.25) is 0 Å². The second-order valence-corrected chi connectivity index (χ2v) is 5.19. The highest BCUT2D eigenvalue weighted by Gasteiger charge is 2.20. The summed E-state index contributed by atoms with van der Waals surface area (Å²) in [4.78, 5) is 0. The van der Waals surface area contributed by atoms with E-state index in [0.717, 1.165) is 21.6 Å². The predicted molar refractivity (Wildman–Crippen MR) is 73.2 cm³/mol. The van der Waals surface area contributed by atoms with E-state index >= 15 is 0 Å². The maximum absolute atomic E-state index is 13.9. The SMILES string of the molecule is CNC(c1cc(C)c(C)o1)c1cc(Br)ccc1F. The first-order valence-corrected chi connectivity index (χ1v) is 6.51. The van der Waals surface area contributed by atoms with Crippen LogP contribution in [0.15, 0.2) is 33.2 Å². The van der Waals surface area contributed by atoms with Crippen LogP contribution in [-0.4, -0.2) is 7.05 Å². The molecule has 1 N–H and O–H groups in total. The van der Waals surface area contributed by atoms with Gasteiger partial charge in [-0.3, -0.25) is 0 Å². The molecule has 0 amide bonds. The fraction of sp³-hybridized carbons (Fsp3) is 0.286. The molecular weight excluding hydrogens is 297 g/mol. The van der Waals surface area contributed by atoms with Gasteiger partial charge in [0.2, 0.25) is 0 Å². The van der Waals surface area contributed by atoms with Gasteiger partial charge in [0.15, 0.2) is 0 Å². The van der Waals surface area contributed by atoms with E-state index in [0.29, 0.717) is 5.56 Å². The van der Waals surface area contributed by atoms with Crippen molar-refractivity contribution in [3.8, 4) is 0 Å². The molecule has 0 spiro atoms. The van der Waals surface area contributed by atoms with Crippen LogP contribution in [-0.2, 0) is 0 Å². The standard InChI is InChI=1S/C14H15BrFNO/c1-8-6-13(18-9(8)2)14(17-3)11-7-10(15)4-5-12(11)16/h4-7,14,17H,1-3H3. The molecule has 2 nitrogen and oxygen atoms in total. The van der Waals surface area contributed by atoms with Crippen molar-refractivity contribution in [3.63, 3.8) is 0 Å². The summed E-state index contributed by atoms with van der Waals surface area (Å²) in [6, 6.07) is 6.56. The van der Waals surface area contributed by atoms with Gasteiger partial charge in [-0.2, -0.15) is 0 Å². The molecule has 18 heavy (non-hydrogen) atoms. The number of furan rings is 1. The van der Waals surface area contributed by atoms with E-state index in [2.05, 4.69) is 21.2 Å². The summed E-state index contributed by atoms with van der Waals surface area (Å²) in [5, 5.41) is 3.09. The van der Waals surface area contributed by atoms with Gasteiger partial charge in [-0.25, -0.2) is 4.39 Å². The summed E-state index contributed by atoms with van der Waals surface area (Å²) in [5.41, 5.74) is 1.64. The Morgan fingerprint density at radius 2 is 2.00 bits per heavy atom. The van der Waals surface area contributed by atoms with Gasteiger partial charge in [0, 0.05) is 10.0 Å². The van der Waals surface area contributed by atoms with Crippen LogP contribution >= 0.6 is 15.9 Å². The van der Waals surface area contributed by atoms with Crippen LogP contribution in [0.5, 0.6) is 0 Å². The summed E-state index contributed by atoms with van der Waals surface area (Å²) >= 11 is 3.36. The maximum atomic E-state index is 13.9. The molecular formula is C14H15BrFNO. The molecule has 1 unspecified atom stereocenters. The van der Waals surface area contributed by atoms with Gasteiger partial charge in [-0.05, 0) is 50.7 Å². The molecule has 0 aliphatic heterocycles. The third-order valence-electron chi connectivity index (χ3n) is 3.03. The van der Waals surface area contributed by atoms with Crippen molar-refractivity contribution < 1.29 is 8.81 Å². The van der Waals surface area contributed by atoms with Crippen LogP contribution in [0.3, 0.4) is 0 Å². The van der Waals surface area contributed by atoms with Crippen molar-refractivity contribution in [2.75, 3.05) is 7.05 Å². The number of benzene rings is 1. The van der Waals surface area contributed by atoms with E-state index in [1.165, 1.54) is 6.07 Å². The Morgan fingerprint density at radius 1 is 1.28 bits per heavy atom. The molecule has 1 aromatic heterocycles. The minimum atomic E-state index is -0.283. The topological polar surface area (TPSA) is 25.2 Å². The third kappa shape index (κ3) is 2.49. The molecule has 0 radical (unpaired) electrons. The summed E-state index contributed by atoms with van der Waals surface area (Å²) in [6.45, 7) is 3.88. The van der Waals surface area contributed by atoms with Gasteiger partial charge in [-0.1, -0.05) is 15.9 Å². The van der Waals surface area contributed by atoms with Gasteiger partial charge < -0.3 is 9.73 Å². The zero-order valence-electron chi connectivity index (χ0n) is 10.6. The van der Waals surface area contributed by atoms with Crippen molar-refractivity contribution in [2.45, 2.75) is 19.9 Å². The third-order valence-corrected chi connectivity index (χ3v) is 3.52. The first-order valence-electron chi connectivity index (χ1n) is 5.72. The van der Waals surface area contributed by atoms with Gasteiger partial charge in [0.05, 0.1) is 6.04 Å². The summed E-state index contributed by atoms with van der Waals surface area (Å²) in [5.74, 6) is 1.34. The smallest absolute Gasteiger partial charge is 0.128 e. The number of rotatable bonds is 3. The van der Waals surface area contributed by atoms with Crippen molar-refractivity contribution in [2.24, 2.45) is 0 Å². The molecule has 1 atom stereocenters. The lowest BCUT2D eigenvalue weighted by Gasteiger charge is -2.15. The Kier molecular flexibility index (Phi) is 3.88. The molecule has 0 bridgehead atoms. The normalized spacial score (nSPS) is 12.7. The fourth-order valence-electron chi connectivity index (χ4n) is 1.93. The fourth-order valence-corrected chi connectivity index (χ4v) is 2.31. The zero-order chi connectivity index (χ0) is 13.3. The first kappa shape index (κ1) is 13.3. The molecule has 1 aromatic carbocycles. The van der Waals surface area contributed by atoms with E-state index in [1.54, 1.807) is 19.2 Å². The second-order valence-electron chi connectivity index (χ2n) is 4.28. The van der Waals surface area contributed by atoms with Crippen molar-refractivity contribution in [1.82, 2.24) is 5.32 Å². The highest BCUT2D eigenvalue weighted by atomic mass is 79.9. The van der Waals surface area contributed by atoms with E-state index < -0.39 is 0 Å². The number of hydrogen-bond donors (Lipinski definition) is 1. The Balaban J connectivity index is 2.48. The molecule has 0 aliphatic carbocycles. The molecule has 0 fully saturated rings. The Hall–Kier alpha value is -1.13. The highest BCUT2D eigenvalue weighted by molar-refractivity contribution is 9.10. The quantitative estimate of drug-likeness (QED) is 0.923. The van der Waals surface area contributed by atoms with Crippen LogP contribution < -0.4 is 5.32 Å². The van der Waals surface area contributed by atoms with E-state index in [-0.39, 0.29) is 11.9 Å². The number of hydrogen-bond acceptors (Lipinski definition) is 2. The van der Waals surface area contributed by atoms with Crippen LogP contribution in [0.25, 0.3) is 0 Å². The Labute approximate surface area is 114 Å². The average molecular weight is 312 g/mol. The van der Waals surface area contributed by atoms with Gasteiger partial charge in [0.1, 0.15) is 17.3 Å². The van der Waals surface area contributed by atoms with Crippen LogP contribution in [0, 0.1) is 19.7 Å². The van der Waals surface area contributed by atoms with Crippen molar-refractivity contribution >= 4 is 15.9 Å². The summed E-state index contributed by atoms with van der Waals surface area (Å²) in [7, 11) is 1.79. The number of halogens is 2.